The number of aromatic nitrogens is 1. The van der Waals surface area contributed by atoms with Crippen molar-refractivity contribution in [3.63, 3.8) is 0 Å². The number of ether oxygens (including phenoxy) is 1. The van der Waals surface area contributed by atoms with Crippen LogP contribution in [-0.4, -0.2) is 42.5 Å². The van der Waals surface area contributed by atoms with Gasteiger partial charge in [0.15, 0.2) is 5.82 Å². The number of sulfonamides is 1. The van der Waals surface area contributed by atoms with Crippen LogP contribution in [0, 0.1) is 5.82 Å². The number of halogens is 1. The molecule has 1 aromatic heterocycles. The van der Waals surface area contributed by atoms with E-state index >= 15 is 0 Å². The molecule has 0 spiro atoms. The van der Waals surface area contributed by atoms with Gasteiger partial charge in [0.2, 0.25) is 15.9 Å². The molecule has 1 aromatic carbocycles. The number of hydrogen-bond acceptors (Lipinski definition) is 6. The SMILES string of the molecule is CC1COc2nc(N(C(=O)O)S(=O)(=O)C3CC3)c(Cc3ccc(F)cc3)cc2N1. The summed E-state index contributed by atoms with van der Waals surface area (Å²) >= 11 is 0. The molecule has 2 N–H and O–H groups in total. The van der Waals surface area contributed by atoms with Gasteiger partial charge in [-0.25, -0.2) is 17.6 Å². The molecule has 2 heterocycles. The normalized spacial score (nSPS) is 18.3. The maximum absolute atomic E-state index is 13.3. The first-order valence-corrected chi connectivity index (χ1v) is 10.7. The highest BCUT2D eigenvalue weighted by Crippen LogP contribution is 2.38. The fourth-order valence-electron chi connectivity index (χ4n) is 3.22. The van der Waals surface area contributed by atoms with Crippen LogP contribution >= 0.6 is 0 Å². The van der Waals surface area contributed by atoms with Gasteiger partial charge in [0.05, 0.1) is 17.0 Å². The number of nitrogens with one attached hydrogen (secondary N) is 1. The number of carbonyl (C=O) groups is 1. The summed E-state index contributed by atoms with van der Waals surface area (Å²) in [5.74, 6) is -0.452. The van der Waals surface area contributed by atoms with Gasteiger partial charge in [0.1, 0.15) is 12.4 Å². The van der Waals surface area contributed by atoms with Crippen LogP contribution < -0.4 is 14.4 Å². The molecule has 4 rings (SSSR count). The molecule has 1 fully saturated rings. The van der Waals surface area contributed by atoms with Gasteiger partial charge in [-0.15, -0.1) is 0 Å². The summed E-state index contributed by atoms with van der Waals surface area (Å²) in [5.41, 5.74) is 1.62. The van der Waals surface area contributed by atoms with Crippen LogP contribution in [0.1, 0.15) is 30.9 Å². The van der Waals surface area contributed by atoms with E-state index in [1.165, 1.54) is 12.1 Å². The Kier molecular flexibility index (Phi) is 4.81. The van der Waals surface area contributed by atoms with Crippen molar-refractivity contribution in [3.8, 4) is 5.88 Å². The fraction of sp³-hybridized carbons (Fsp3) is 0.368. The second kappa shape index (κ2) is 7.18. The predicted octanol–water partition coefficient (Wildman–Crippen LogP) is 2.98. The van der Waals surface area contributed by atoms with Crippen LogP contribution in [0.2, 0.25) is 0 Å². The largest absolute Gasteiger partial charge is 0.474 e. The maximum Gasteiger partial charge on any atom is 0.427 e. The van der Waals surface area contributed by atoms with Crippen LogP contribution in [0.4, 0.5) is 20.7 Å². The van der Waals surface area contributed by atoms with Crippen molar-refractivity contribution in [2.24, 2.45) is 0 Å². The summed E-state index contributed by atoms with van der Waals surface area (Å²) in [6, 6.07) is 7.37. The molecule has 1 saturated carbocycles. The van der Waals surface area contributed by atoms with Crippen molar-refractivity contribution in [2.75, 3.05) is 16.2 Å². The van der Waals surface area contributed by atoms with Crippen molar-refractivity contribution in [2.45, 2.75) is 37.5 Å². The summed E-state index contributed by atoms with van der Waals surface area (Å²) in [6.07, 6.45) is -0.614. The Morgan fingerprint density at radius 3 is 2.66 bits per heavy atom. The van der Waals surface area contributed by atoms with Crippen LogP contribution in [0.3, 0.4) is 0 Å². The van der Waals surface area contributed by atoms with Crippen LogP contribution in [0.25, 0.3) is 0 Å². The molecule has 29 heavy (non-hydrogen) atoms. The molecule has 0 radical (unpaired) electrons. The number of hydrogen-bond donors (Lipinski definition) is 2. The molecular weight excluding hydrogens is 401 g/mol. The van der Waals surface area contributed by atoms with E-state index in [0.717, 1.165) is 0 Å². The van der Waals surface area contributed by atoms with Crippen molar-refractivity contribution in [1.82, 2.24) is 4.98 Å². The Balaban J connectivity index is 1.83. The van der Waals surface area contributed by atoms with E-state index in [0.29, 0.717) is 40.6 Å². The predicted molar refractivity (Wildman–Crippen MR) is 104 cm³/mol. The molecule has 8 nitrogen and oxygen atoms in total. The van der Waals surface area contributed by atoms with Crippen LogP contribution in [-0.2, 0) is 16.4 Å². The topological polar surface area (TPSA) is 109 Å². The van der Waals surface area contributed by atoms with Crippen molar-refractivity contribution < 1.29 is 27.4 Å². The van der Waals surface area contributed by atoms with Gasteiger partial charge in [-0.2, -0.15) is 9.29 Å². The Labute approximate surface area is 167 Å². The zero-order valence-corrected chi connectivity index (χ0v) is 16.4. The monoisotopic (exact) mass is 421 g/mol. The average molecular weight is 421 g/mol. The van der Waals surface area contributed by atoms with Crippen molar-refractivity contribution >= 4 is 27.6 Å². The molecule has 154 valence electrons. The average Bonchev–Trinajstić information content (AvgIpc) is 3.49. The lowest BCUT2D eigenvalue weighted by Gasteiger charge is -2.27. The minimum atomic E-state index is -4.10. The summed E-state index contributed by atoms with van der Waals surface area (Å²) in [7, 11) is -4.10. The number of carboxylic acid groups (broad SMARTS) is 1. The van der Waals surface area contributed by atoms with Gasteiger partial charge in [-0.05, 0) is 43.5 Å². The first-order chi connectivity index (χ1) is 13.8. The third-order valence-electron chi connectivity index (χ3n) is 4.79. The molecular formula is C19H20FN3O5S. The highest BCUT2D eigenvalue weighted by Gasteiger charge is 2.45. The van der Waals surface area contributed by atoms with Crippen LogP contribution in [0.5, 0.6) is 5.88 Å². The van der Waals surface area contributed by atoms with Crippen molar-refractivity contribution in [3.05, 3.63) is 47.3 Å². The first kappa shape index (κ1) is 19.4. The number of rotatable bonds is 5. The number of benzene rings is 1. The Morgan fingerprint density at radius 2 is 2.03 bits per heavy atom. The van der Waals surface area contributed by atoms with Gasteiger partial charge >= 0.3 is 6.09 Å². The molecule has 1 aliphatic carbocycles. The molecule has 0 saturated heterocycles. The first-order valence-electron chi connectivity index (χ1n) is 9.20. The van der Waals surface area contributed by atoms with E-state index < -0.39 is 27.2 Å². The third-order valence-corrected chi connectivity index (χ3v) is 6.94. The lowest BCUT2D eigenvalue weighted by molar-refractivity contribution is 0.205. The quantitative estimate of drug-likeness (QED) is 0.764. The number of amides is 1. The molecule has 1 amide bonds. The smallest absolute Gasteiger partial charge is 0.427 e. The lowest BCUT2D eigenvalue weighted by atomic mass is 10.0. The molecule has 1 aliphatic heterocycles. The van der Waals surface area contributed by atoms with E-state index in [9.17, 15) is 22.7 Å². The highest BCUT2D eigenvalue weighted by atomic mass is 32.2. The number of anilines is 2. The minimum Gasteiger partial charge on any atom is -0.474 e. The second-order valence-corrected chi connectivity index (χ2v) is 9.34. The van der Waals surface area contributed by atoms with Gasteiger partial charge in [-0.3, -0.25) is 0 Å². The zero-order valence-electron chi connectivity index (χ0n) is 15.6. The Morgan fingerprint density at radius 1 is 1.34 bits per heavy atom. The molecule has 1 atom stereocenters. The van der Waals surface area contributed by atoms with Gasteiger partial charge in [0.25, 0.3) is 0 Å². The summed E-state index contributed by atoms with van der Waals surface area (Å²) < 4.78 is 44.8. The Hall–Kier alpha value is -2.88. The van der Waals surface area contributed by atoms with E-state index in [1.54, 1.807) is 18.2 Å². The summed E-state index contributed by atoms with van der Waals surface area (Å²) in [5, 5.41) is 12.2. The number of nitrogens with zero attached hydrogens (tertiary/aromatic N) is 2. The van der Waals surface area contributed by atoms with Gasteiger partial charge in [-0.1, -0.05) is 12.1 Å². The molecule has 1 unspecified atom stereocenters. The summed E-state index contributed by atoms with van der Waals surface area (Å²) in [4.78, 5) is 16.2. The second-order valence-electron chi connectivity index (χ2n) is 7.27. The van der Waals surface area contributed by atoms with Gasteiger partial charge < -0.3 is 15.2 Å². The van der Waals surface area contributed by atoms with E-state index in [2.05, 4.69) is 10.3 Å². The molecule has 10 heteroatoms. The van der Waals surface area contributed by atoms with Crippen molar-refractivity contribution in [1.29, 1.82) is 0 Å². The Bertz CT molecular complexity index is 1050. The van der Waals surface area contributed by atoms with Crippen LogP contribution in [0.15, 0.2) is 30.3 Å². The third kappa shape index (κ3) is 3.84. The summed E-state index contributed by atoms with van der Waals surface area (Å²) in [6.45, 7) is 2.23. The van der Waals surface area contributed by atoms with Gasteiger partial charge in [0, 0.05) is 12.0 Å². The zero-order chi connectivity index (χ0) is 20.8. The standard InChI is InChI=1S/C19H20FN3O5S/c1-11-10-28-18-16(21-11)9-13(8-12-2-4-14(20)5-3-12)17(22-18)23(19(24)25)29(26,27)15-6-7-15/h2-5,9,11,15,21H,6-8,10H2,1H3,(H,24,25). The fourth-order valence-corrected chi connectivity index (χ4v) is 4.86. The molecule has 0 bridgehead atoms. The lowest BCUT2D eigenvalue weighted by Crippen LogP contribution is -2.40. The molecule has 2 aliphatic rings. The number of pyridine rings is 1. The van der Waals surface area contributed by atoms with E-state index in [-0.39, 0.29) is 24.2 Å². The van der Waals surface area contributed by atoms with E-state index in [1.807, 2.05) is 6.92 Å². The van der Waals surface area contributed by atoms with E-state index in [4.69, 9.17) is 4.74 Å². The maximum atomic E-state index is 13.3. The molecule has 2 aromatic rings. The minimum absolute atomic E-state index is 0.0135. The highest BCUT2D eigenvalue weighted by molar-refractivity contribution is 7.94. The number of fused-ring (bicyclic) bond motifs is 1.